The molecular weight excluding hydrogens is 470 g/mol. The lowest BCUT2D eigenvalue weighted by molar-refractivity contribution is -0.385. The first-order valence-electron chi connectivity index (χ1n) is 10.3. The molecule has 10 nitrogen and oxygen atoms in total. The second-order valence-corrected chi connectivity index (χ2v) is 8.42. The first kappa shape index (κ1) is 22.0. The molecule has 0 bridgehead atoms. The zero-order valence-corrected chi connectivity index (χ0v) is 18.7. The summed E-state index contributed by atoms with van der Waals surface area (Å²) in [4.78, 5) is 57.9. The Bertz CT molecular complexity index is 1500. The molecule has 0 saturated carbocycles. The number of hydrogen-bond acceptors (Lipinski definition) is 8. The number of nitrogens with one attached hydrogen (secondary N) is 1. The molecule has 2 aromatic heterocycles. The van der Waals surface area contributed by atoms with Gasteiger partial charge in [0.05, 0.1) is 16.2 Å². The lowest BCUT2D eigenvalue weighted by Gasteiger charge is -2.14. The normalized spacial score (nSPS) is 12.5. The number of benzene rings is 2. The largest absolute Gasteiger partial charge is 0.325 e. The van der Waals surface area contributed by atoms with Gasteiger partial charge in [0.2, 0.25) is 5.91 Å². The fraction of sp³-hybridized carbons (Fsp3) is 0.0417. The van der Waals surface area contributed by atoms with Gasteiger partial charge < -0.3 is 5.32 Å². The first-order valence-corrected chi connectivity index (χ1v) is 11.2. The maximum absolute atomic E-state index is 12.7. The number of carbonyl (C=O) groups excluding carboxylic acids is 3. The Hall–Kier alpha value is -4.77. The predicted octanol–water partition coefficient (Wildman–Crippen LogP) is 4.02. The highest BCUT2D eigenvalue weighted by Crippen LogP contribution is 2.31. The van der Waals surface area contributed by atoms with Crippen molar-refractivity contribution in [3.63, 3.8) is 0 Å². The van der Waals surface area contributed by atoms with E-state index in [1.54, 1.807) is 30.6 Å². The molecule has 0 unspecified atom stereocenters. The van der Waals surface area contributed by atoms with Crippen molar-refractivity contribution in [3.05, 3.63) is 93.6 Å². The van der Waals surface area contributed by atoms with E-state index in [1.165, 1.54) is 23.5 Å². The summed E-state index contributed by atoms with van der Waals surface area (Å²) >= 11 is 1.47. The Labute approximate surface area is 202 Å². The second kappa shape index (κ2) is 8.88. The van der Waals surface area contributed by atoms with Crippen LogP contribution in [0.2, 0.25) is 0 Å². The average molecular weight is 485 g/mol. The minimum absolute atomic E-state index is 0.0908. The molecule has 4 aromatic rings. The third-order valence-electron chi connectivity index (χ3n) is 5.33. The molecule has 0 atom stereocenters. The van der Waals surface area contributed by atoms with Crippen LogP contribution in [0.1, 0.15) is 20.7 Å². The van der Waals surface area contributed by atoms with Crippen LogP contribution in [0.4, 0.5) is 11.4 Å². The summed E-state index contributed by atoms with van der Waals surface area (Å²) < 4.78 is 0. The van der Waals surface area contributed by atoms with Gasteiger partial charge in [-0.2, -0.15) is 0 Å². The van der Waals surface area contributed by atoms with Crippen LogP contribution in [0.5, 0.6) is 0 Å². The number of carbonyl (C=O) groups is 3. The Morgan fingerprint density at radius 2 is 1.86 bits per heavy atom. The molecule has 172 valence electrons. The molecule has 0 spiro atoms. The van der Waals surface area contributed by atoms with Crippen molar-refractivity contribution in [3.8, 4) is 21.8 Å². The molecule has 3 heterocycles. The van der Waals surface area contributed by atoms with Gasteiger partial charge in [0.25, 0.3) is 17.5 Å². The number of nitro benzene ring substituents is 1. The lowest BCUT2D eigenvalue weighted by atomic mass is 10.1. The highest BCUT2D eigenvalue weighted by atomic mass is 32.1. The summed E-state index contributed by atoms with van der Waals surface area (Å²) in [6.45, 7) is -0.574. The van der Waals surface area contributed by atoms with E-state index in [0.717, 1.165) is 27.9 Å². The number of pyridine rings is 1. The fourth-order valence-electron chi connectivity index (χ4n) is 3.74. The van der Waals surface area contributed by atoms with E-state index in [9.17, 15) is 24.5 Å². The summed E-state index contributed by atoms with van der Waals surface area (Å²) in [7, 11) is 0. The highest BCUT2D eigenvalue weighted by Gasteiger charge is 2.41. The highest BCUT2D eigenvalue weighted by molar-refractivity contribution is 7.13. The van der Waals surface area contributed by atoms with Crippen molar-refractivity contribution >= 4 is 40.4 Å². The van der Waals surface area contributed by atoms with Gasteiger partial charge in [0, 0.05) is 40.7 Å². The van der Waals surface area contributed by atoms with Crippen LogP contribution < -0.4 is 5.32 Å². The number of nitro groups is 1. The molecule has 0 radical (unpaired) electrons. The number of anilines is 1. The van der Waals surface area contributed by atoms with Gasteiger partial charge in [-0.05, 0) is 30.3 Å². The third-order valence-corrected chi connectivity index (χ3v) is 6.22. The van der Waals surface area contributed by atoms with Crippen LogP contribution in [-0.2, 0) is 4.79 Å². The minimum atomic E-state index is -0.869. The third kappa shape index (κ3) is 4.15. The van der Waals surface area contributed by atoms with Crippen LogP contribution in [0.25, 0.3) is 21.8 Å². The van der Waals surface area contributed by atoms with Crippen LogP contribution >= 0.6 is 11.3 Å². The van der Waals surface area contributed by atoms with E-state index in [2.05, 4.69) is 15.3 Å². The average Bonchev–Trinajstić information content (AvgIpc) is 3.45. The van der Waals surface area contributed by atoms with E-state index < -0.39 is 34.9 Å². The van der Waals surface area contributed by atoms with Crippen LogP contribution in [0, 0.1) is 10.1 Å². The van der Waals surface area contributed by atoms with Crippen molar-refractivity contribution in [2.24, 2.45) is 0 Å². The first-order chi connectivity index (χ1) is 16.9. The molecule has 5 rings (SSSR count). The SMILES string of the molecule is O=C(CN1C(=O)c2cccc([N+](=O)[O-])c2C1=O)Nc1cccc(-c2csc(-c3cccnc3)n2)c1. The van der Waals surface area contributed by atoms with Gasteiger partial charge in [0.1, 0.15) is 17.1 Å². The summed E-state index contributed by atoms with van der Waals surface area (Å²) in [5.74, 6) is -2.23. The van der Waals surface area contributed by atoms with E-state index in [-0.39, 0.29) is 11.1 Å². The maximum atomic E-state index is 12.7. The van der Waals surface area contributed by atoms with Crippen LogP contribution in [0.15, 0.2) is 72.4 Å². The van der Waals surface area contributed by atoms with Crippen LogP contribution in [0.3, 0.4) is 0 Å². The Morgan fingerprint density at radius 1 is 1.06 bits per heavy atom. The van der Waals surface area contributed by atoms with E-state index in [1.807, 2.05) is 23.6 Å². The van der Waals surface area contributed by atoms with Crippen molar-refractivity contribution in [2.75, 3.05) is 11.9 Å². The maximum Gasteiger partial charge on any atom is 0.282 e. The topological polar surface area (TPSA) is 135 Å². The van der Waals surface area contributed by atoms with Crippen LogP contribution in [-0.4, -0.2) is 44.1 Å². The van der Waals surface area contributed by atoms with Gasteiger partial charge in [0.15, 0.2) is 0 Å². The molecule has 0 aliphatic carbocycles. The molecule has 2 aromatic carbocycles. The van der Waals surface area contributed by atoms with Gasteiger partial charge in [-0.15, -0.1) is 11.3 Å². The monoisotopic (exact) mass is 485 g/mol. The molecular formula is C24H15N5O5S. The Kier molecular flexibility index (Phi) is 5.59. The number of hydrogen-bond donors (Lipinski definition) is 1. The number of aromatic nitrogens is 2. The number of fused-ring (bicyclic) bond motifs is 1. The fourth-order valence-corrected chi connectivity index (χ4v) is 4.56. The molecule has 1 aliphatic rings. The molecule has 11 heteroatoms. The molecule has 1 aliphatic heterocycles. The van der Waals surface area contributed by atoms with E-state index in [0.29, 0.717) is 10.6 Å². The number of nitrogens with zero attached hydrogens (tertiary/aromatic N) is 4. The van der Waals surface area contributed by atoms with Crippen molar-refractivity contribution in [2.45, 2.75) is 0 Å². The van der Waals surface area contributed by atoms with Gasteiger partial charge >= 0.3 is 0 Å². The number of rotatable bonds is 6. The predicted molar refractivity (Wildman–Crippen MR) is 128 cm³/mol. The summed E-state index contributed by atoms with van der Waals surface area (Å²) in [5, 5.41) is 16.6. The molecule has 0 fully saturated rings. The lowest BCUT2D eigenvalue weighted by Crippen LogP contribution is -2.37. The van der Waals surface area contributed by atoms with E-state index in [4.69, 9.17) is 0 Å². The Morgan fingerprint density at radius 3 is 2.63 bits per heavy atom. The zero-order chi connectivity index (χ0) is 24.5. The van der Waals surface area contributed by atoms with Gasteiger partial charge in [-0.3, -0.25) is 34.4 Å². The van der Waals surface area contributed by atoms with Gasteiger partial charge in [-0.25, -0.2) is 4.98 Å². The Balaban J connectivity index is 1.31. The number of amides is 3. The quantitative estimate of drug-likeness (QED) is 0.248. The summed E-state index contributed by atoms with van der Waals surface area (Å²) in [6.07, 6.45) is 3.42. The molecule has 35 heavy (non-hydrogen) atoms. The van der Waals surface area contributed by atoms with Crippen molar-refractivity contribution < 1.29 is 19.3 Å². The standard InChI is InChI=1S/C24H15N5O5S/c30-20(12-28-23(31)17-7-2-8-19(29(33)34)21(17)24(28)32)26-16-6-1-4-14(10-16)18-13-35-22(27-18)15-5-3-9-25-11-15/h1-11,13H,12H2,(H,26,30). The van der Waals surface area contributed by atoms with Crippen molar-refractivity contribution in [1.29, 1.82) is 0 Å². The van der Waals surface area contributed by atoms with E-state index >= 15 is 0 Å². The smallest absolute Gasteiger partial charge is 0.282 e. The number of imide groups is 1. The minimum Gasteiger partial charge on any atom is -0.325 e. The summed E-state index contributed by atoms with van der Waals surface area (Å²) in [5.41, 5.74) is 1.98. The summed E-state index contributed by atoms with van der Waals surface area (Å²) in [6, 6.07) is 14.6. The van der Waals surface area contributed by atoms with Crippen molar-refractivity contribution in [1.82, 2.24) is 14.9 Å². The molecule has 0 saturated heterocycles. The molecule has 1 N–H and O–H groups in total. The zero-order valence-electron chi connectivity index (χ0n) is 17.9. The number of thiazole rings is 1. The molecule has 3 amide bonds. The van der Waals surface area contributed by atoms with Gasteiger partial charge in [-0.1, -0.05) is 18.2 Å². The second-order valence-electron chi connectivity index (χ2n) is 7.56.